The fraction of sp³-hybridized carbons (Fsp3) is 0.556. The number of amides is 3. The Balaban J connectivity index is 1.33. The molecule has 0 radical (unpaired) electrons. The standard InChI is InChI=1S/C18H23N5O4/c24-17-16-3-1-2-8-21(16)18(25)22(17)13-19-9-11-20(12-10-19)14-4-6-15(7-5-14)23(26)27/h4-7,16H,1-3,8-13H2/t16-/m0/s1. The number of urea groups is 1. The zero-order valence-electron chi connectivity index (χ0n) is 15.1. The number of nitrogens with zero attached hydrogens (tertiary/aromatic N) is 5. The third kappa shape index (κ3) is 3.34. The fourth-order valence-corrected chi connectivity index (χ4v) is 4.11. The van der Waals surface area contributed by atoms with Crippen LogP contribution in [0.1, 0.15) is 19.3 Å². The number of piperazine rings is 1. The molecule has 144 valence electrons. The molecular formula is C18H23N5O4. The molecule has 0 saturated carbocycles. The molecule has 9 nitrogen and oxygen atoms in total. The van der Waals surface area contributed by atoms with E-state index in [1.807, 2.05) is 0 Å². The predicted octanol–water partition coefficient (Wildman–Crippen LogP) is 1.49. The number of nitro benzene ring substituents is 1. The van der Waals surface area contributed by atoms with Gasteiger partial charge in [-0.2, -0.15) is 0 Å². The highest BCUT2D eigenvalue weighted by atomic mass is 16.6. The van der Waals surface area contributed by atoms with E-state index in [2.05, 4.69) is 9.80 Å². The Labute approximate surface area is 157 Å². The van der Waals surface area contributed by atoms with Gasteiger partial charge in [-0.15, -0.1) is 0 Å². The number of non-ortho nitro benzene ring substituents is 1. The number of imide groups is 1. The number of carbonyl (C=O) groups excluding carboxylic acids is 2. The first kappa shape index (κ1) is 17.7. The van der Waals surface area contributed by atoms with Crippen LogP contribution in [-0.4, -0.2) is 77.0 Å². The van der Waals surface area contributed by atoms with E-state index < -0.39 is 4.92 Å². The summed E-state index contributed by atoms with van der Waals surface area (Å²) in [6.07, 6.45) is 2.74. The average molecular weight is 373 g/mol. The lowest BCUT2D eigenvalue weighted by Gasteiger charge is -2.37. The average Bonchev–Trinajstić information content (AvgIpc) is 2.94. The van der Waals surface area contributed by atoms with Crippen molar-refractivity contribution in [1.29, 1.82) is 0 Å². The zero-order valence-corrected chi connectivity index (χ0v) is 15.1. The monoisotopic (exact) mass is 373 g/mol. The van der Waals surface area contributed by atoms with Crippen LogP contribution >= 0.6 is 0 Å². The molecule has 3 heterocycles. The van der Waals surface area contributed by atoms with E-state index in [1.165, 1.54) is 17.0 Å². The molecule has 0 unspecified atom stereocenters. The molecule has 27 heavy (non-hydrogen) atoms. The van der Waals surface area contributed by atoms with Crippen LogP contribution in [0.15, 0.2) is 24.3 Å². The second-order valence-corrected chi connectivity index (χ2v) is 7.27. The molecular weight excluding hydrogens is 350 g/mol. The number of carbonyl (C=O) groups is 2. The summed E-state index contributed by atoms with van der Waals surface area (Å²) in [6, 6.07) is 6.15. The summed E-state index contributed by atoms with van der Waals surface area (Å²) in [4.78, 5) is 42.9. The van der Waals surface area contributed by atoms with Gasteiger partial charge < -0.3 is 9.80 Å². The van der Waals surface area contributed by atoms with Crippen molar-refractivity contribution >= 4 is 23.3 Å². The highest BCUT2D eigenvalue weighted by Gasteiger charge is 2.46. The van der Waals surface area contributed by atoms with Crippen LogP contribution in [0.25, 0.3) is 0 Å². The van der Waals surface area contributed by atoms with Gasteiger partial charge in [-0.25, -0.2) is 9.69 Å². The number of fused-ring (bicyclic) bond motifs is 1. The van der Waals surface area contributed by atoms with Gasteiger partial charge in [0.25, 0.3) is 11.6 Å². The summed E-state index contributed by atoms with van der Waals surface area (Å²) in [6.45, 7) is 4.00. The summed E-state index contributed by atoms with van der Waals surface area (Å²) in [5, 5.41) is 10.8. The van der Waals surface area contributed by atoms with E-state index in [0.717, 1.165) is 51.1 Å². The van der Waals surface area contributed by atoms with Gasteiger partial charge in [-0.3, -0.25) is 19.8 Å². The number of piperidine rings is 1. The van der Waals surface area contributed by atoms with Gasteiger partial charge >= 0.3 is 6.03 Å². The SMILES string of the molecule is O=C1[C@@H]2CCCCN2C(=O)N1CN1CCN(c2ccc([N+](=O)[O-])cc2)CC1. The maximum Gasteiger partial charge on any atom is 0.328 e. The topological polar surface area (TPSA) is 90.2 Å². The molecule has 1 aromatic carbocycles. The second kappa shape index (κ2) is 7.15. The molecule has 1 atom stereocenters. The van der Waals surface area contributed by atoms with Gasteiger partial charge in [-0.1, -0.05) is 0 Å². The van der Waals surface area contributed by atoms with Gasteiger partial charge in [-0.05, 0) is 31.4 Å². The maximum atomic E-state index is 12.6. The van der Waals surface area contributed by atoms with Crippen molar-refractivity contribution in [3.8, 4) is 0 Å². The Bertz CT molecular complexity index is 721. The third-order valence-electron chi connectivity index (χ3n) is 5.67. The molecule has 3 fully saturated rings. The van der Waals surface area contributed by atoms with Crippen LogP contribution in [-0.2, 0) is 4.79 Å². The first-order chi connectivity index (χ1) is 13.0. The molecule has 0 aromatic heterocycles. The lowest BCUT2D eigenvalue weighted by molar-refractivity contribution is -0.384. The Morgan fingerprint density at radius 2 is 1.70 bits per heavy atom. The summed E-state index contributed by atoms with van der Waals surface area (Å²) in [5.41, 5.74) is 1.03. The number of hydrogen-bond donors (Lipinski definition) is 0. The van der Waals surface area contributed by atoms with Gasteiger partial charge in [0.15, 0.2) is 0 Å². The maximum absolute atomic E-state index is 12.6. The number of hydrogen-bond acceptors (Lipinski definition) is 6. The van der Waals surface area contributed by atoms with E-state index in [-0.39, 0.29) is 23.7 Å². The number of benzene rings is 1. The van der Waals surface area contributed by atoms with Crippen LogP contribution in [0.3, 0.4) is 0 Å². The molecule has 3 aliphatic rings. The molecule has 1 aromatic rings. The molecule has 0 N–H and O–H groups in total. The normalized spacial score (nSPS) is 23.7. The summed E-state index contributed by atoms with van der Waals surface area (Å²) >= 11 is 0. The molecule has 3 saturated heterocycles. The van der Waals surface area contributed by atoms with Crippen molar-refractivity contribution in [2.24, 2.45) is 0 Å². The van der Waals surface area contributed by atoms with Crippen LogP contribution in [0.4, 0.5) is 16.2 Å². The van der Waals surface area contributed by atoms with Crippen molar-refractivity contribution in [2.45, 2.75) is 25.3 Å². The van der Waals surface area contributed by atoms with Crippen LogP contribution in [0.5, 0.6) is 0 Å². The van der Waals surface area contributed by atoms with Gasteiger partial charge in [0.2, 0.25) is 0 Å². The summed E-state index contributed by atoms with van der Waals surface area (Å²) in [7, 11) is 0. The Morgan fingerprint density at radius 3 is 2.33 bits per heavy atom. The predicted molar refractivity (Wildman–Crippen MR) is 98.3 cm³/mol. The van der Waals surface area contributed by atoms with Crippen LogP contribution in [0.2, 0.25) is 0 Å². The van der Waals surface area contributed by atoms with E-state index >= 15 is 0 Å². The molecule has 3 amide bonds. The fourth-order valence-electron chi connectivity index (χ4n) is 4.11. The number of anilines is 1. The first-order valence-corrected chi connectivity index (χ1v) is 9.38. The Kier molecular flexibility index (Phi) is 4.69. The van der Waals surface area contributed by atoms with Gasteiger partial charge in [0.05, 0.1) is 11.6 Å². The molecule has 4 rings (SSSR count). The van der Waals surface area contributed by atoms with Crippen molar-refractivity contribution in [3.63, 3.8) is 0 Å². The van der Waals surface area contributed by atoms with E-state index in [0.29, 0.717) is 13.2 Å². The van der Waals surface area contributed by atoms with Gasteiger partial charge in [0, 0.05) is 50.5 Å². The quantitative estimate of drug-likeness (QED) is 0.451. The van der Waals surface area contributed by atoms with Crippen molar-refractivity contribution in [2.75, 3.05) is 44.3 Å². The Hall–Kier alpha value is -2.68. The first-order valence-electron chi connectivity index (χ1n) is 9.38. The molecule has 0 spiro atoms. The number of rotatable bonds is 4. The zero-order chi connectivity index (χ0) is 19.0. The third-order valence-corrected chi connectivity index (χ3v) is 5.67. The van der Waals surface area contributed by atoms with Gasteiger partial charge in [0.1, 0.15) is 6.04 Å². The van der Waals surface area contributed by atoms with Crippen molar-refractivity contribution in [3.05, 3.63) is 34.4 Å². The largest absolute Gasteiger partial charge is 0.369 e. The minimum atomic E-state index is -0.403. The number of nitro groups is 1. The summed E-state index contributed by atoms with van der Waals surface area (Å²) in [5.74, 6) is -0.0579. The Morgan fingerprint density at radius 1 is 1.00 bits per heavy atom. The highest BCUT2D eigenvalue weighted by molar-refractivity contribution is 6.04. The van der Waals surface area contributed by atoms with E-state index in [1.54, 1.807) is 17.0 Å². The molecule has 0 aliphatic carbocycles. The highest BCUT2D eigenvalue weighted by Crippen LogP contribution is 2.27. The summed E-state index contributed by atoms with van der Waals surface area (Å²) < 4.78 is 0. The molecule has 3 aliphatic heterocycles. The molecule has 0 bridgehead atoms. The minimum absolute atomic E-state index is 0.0579. The second-order valence-electron chi connectivity index (χ2n) is 7.27. The van der Waals surface area contributed by atoms with Crippen LogP contribution in [0, 0.1) is 10.1 Å². The lowest BCUT2D eigenvalue weighted by atomic mass is 10.0. The smallest absolute Gasteiger partial charge is 0.328 e. The molecule has 9 heteroatoms. The van der Waals surface area contributed by atoms with Crippen molar-refractivity contribution in [1.82, 2.24) is 14.7 Å². The van der Waals surface area contributed by atoms with Crippen LogP contribution < -0.4 is 4.90 Å². The van der Waals surface area contributed by atoms with E-state index in [4.69, 9.17) is 0 Å². The van der Waals surface area contributed by atoms with Crippen molar-refractivity contribution < 1.29 is 14.5 Å². The lowest BCUT2D eigenvalue weighted by Crippen LogP contribution is -2.51. The minimum Gasteiger partial charge on any atom is -0.369 e. The van der Waals surface area contributed by atoms with E-state index in [9.17, 15) is 19.7 Å².